The van der Waals surface area contributed by atoms with Crippen LogP contribution in [0.5, 0.6) is 0 Å². The van der Waals surface area contributed by atoms with Crippen molar-refractivity contribution in [1.82, 2.24) is 4.90 Å². The van der Waals surface area contributed by atoms with Crippen LogP contribution in [0.15, 0.2) is 12.1 Å². The SMILES string of the molecule is CN(Cc1ccc(Cl)s1)C(=O)C1C2CCC(C2)C1N.Cl. The van der Waals surface area contributed by atoms with Gasteiger partial charge in [0.2, 0.25) is 5.91 Å². The van der Waals surface area contributed by atoms with Gasteiger partial charge in [-0.05, 0) is 43.2 Å². The minimum atomic E-state index is 0. The lowest BCUT2D eigenvalue weighted by molar-refractivity contribution is -0.136. The van der Waals surface area contributed by atoms with Crippen molar-refractivity contribution < 1.29 is 4.79 Å². The number of fused-ring (bicyclic) bond motifs is 2. The van der Waals surface area contributed by atoms with Crippen molar-refractivity contribution in [3.8, 4) is 0 Å². The number of thiophene rings is 1. The van der Waals surface area contributed by atoms with Crippen molar-refractivity contribution in [2.24, 2.45) is 23.5 Å². The van der Waals surface area contributed by atoms with Crippen LogP contribution in [-0.4, -0.2) is 23.9 Å². The minimum absolute atomic E-state index is 0. The summed E-state index contributed by atoms with van der Waals surface area (Å²) in [6.45, 7) is 0.636. The quantitative estimate of drug-likeness (QED) is 0.922. The summed E-state index contributed by atoms with van der Waals surface area (Å²) in [5, 5.41) is 0. The lowest BCUT2D eigenvalue weighted by atomic mass is 9.84. The largest absolute Gasteiger partial charge is 0.340 e. The van der Waals surface area contributed by atoms with Gasteiger partial charge in [-0.25, -0.2) is 0 Å². The third-order valence-corrected chi connectivity index (χ3v) is 5.88. The fourth-order valence-electron chi connectivity index (χ4n) is 3.71. The summed E-state index contributed by atoms with van der Waals surface area (Å²) in [4.78, 5) is 15.5. The van der Waals surface area contributed by atoms with Gasteiger partial charge in [-0.2, -0.15) is 0 Å². The van der Waals surface area contributed by atoms with Crippen LogP contribution in [0, 0.1) is 17.8 Å². The van der Waals surface area contributed by atoms with Crippen LogP contribution < -0.4 is 5.73 Å². The summed E-state index contributed by atoms with van der Waals surface area (Å²) < 4.78 is 0.771. The molecular formula is C14H20Cl2N2OS. The monoisotopic (exact) mass is 334 g/mol. The first-order chi connectivity index (χ1) is 9.06. The van der Waals surface area contributed by atoms with Crippen LogP contribution in [0.25, 0.3) is 0 Å². The number of amides is 1. The van der Waals surface area contributed by atoms with Gasteiger partial charge in [0.1, 0.15) is 0 Å². The second-order valence-electron chi connectivity index (χ2n) is 5.84. The van der Waals surface area contributed by atoms with Crippen molar-refractivity contribution in [1.29, 1.82) is 0 Å². The normalized spacial score (nSPS) is 31.1. The molecule has 112 valence electrons. The summed E-state index contributed by atoms with van der Waals surface area (Å²) >= 11 is 7.45. The molecule has 2 saturated carbocycles. The third kappa shape index (κ3) is 2.84. The molecule has 2 N–H and O–H groups in total. The molecular weight excluding hydrogens is 315 g/mol. The summed E-state index contributed by atoms with van der Waals surface area (Å²) in [7, 11) is 1.87. The predicted octanol–water partition coefficient (Wildman–Crippen LogP) is 3.16. The molecule has 1 aromatic heterocycles. The van der Waals surface area contributed by atoms with Crippen molar-refractivity contribution in [3.05, 3.63) is 21.3 Å². The van der Waals surface area contributed by atoms with E-state index >= 15 is 0 Å². The van der Waals surface area contributed by atoms with Gasteiger partial charge in [0.05, 0.1) is 16.8 Å². The highest BCUT2D eigenvalue weighted by molar-refractivity contribution is 7.16. The van der Waals surface area contributed by atoms with E-state index in [2.05, 4.69) is 0 Å². The number of nitrogens with zero attached hydrogens (tertiary/aromatic N) is 1. The van der Waals surface area contributed by atoms with Crippen molar-refractivity contribution in [3.63, 3.8) is 0 Å². The Bertz CT molecular complexity index is 491. The molecule has 3 nitrogen and oxygen atoms in total. The van der Waals surface area contributed by atoms with Crippen LogP contribution in [-0.2, 0) is 11.3 Å². The summed E-state index contributed by atoms with van der Waals surface area (Å²) in [5.41, 5.74) is 6.23. The number of hydrogen-bond donors (Lipinski definition) is 1. The fourth-order valence-corrected chi connectivity index (χ4v) is 4.85. The molecule has 0 saturated heterocycles. The van der Waals surface area contributed by atoms with Gasteiger partial charge >= 0.3 is 0 Å². The highest BCUT2D eigenvalue weighted by Crippen LogP contribution is 2.48. The molecule has 0 aliphatic heterocycles. The Balaban J connectivity index is 0.00000147. The Morgan fingerprint density at radius 1 is 1.45 bits per heavy atom. The van der Waals surface area contributed by atoms with Gasteiger partial charge in [-0.1, -0.05) is 11.6 Å². The van der Waals surface area contributed by atoms with Gasteiger partial charge in [0.25, 0.3) is 0 Å². The Kier molecular flexibility index (Phi) is 5.00. The van der Waals surface area contributed by atoms with Gasteiger partial charge in [0, 0.05) is 18.0 Å². The first-order valence-corrected chi connectivity index (χ1v) is 8.00. The number of rotatable bonds is 3. The minimum Gasteiger partial charge on any atom is -0.340 e. The molecule has 2 fully saturated rings. The maximum Gasteiger partial charge on any atom is 0.227 e. The molecule has 1 amide bonds. The number of nitrogens with two attached hydrogens (primary N) is 1. The Morgan fingerprint density at radius 3 is 2.70 bits per heavy atom. The molecule has 20 heavy (non-hydrogen) atoms. The van der Waals surface area contributed by atoms with Crippen LogP contribution in [0.3, 0.4) is 0 Å². The van der Waals surface area contributed by atoms with E-state index < -0.39 is 0 Å². The average molecular weight is 335 g/mol. The molecule has 2 aliphatic carbocycles. The molecule has 0 spiro atoms. The first kappa shape index (κ1) is 16.1. The molecule has 0 radical (unpaired) electrons. The smallest absolute Gasteiger partial charge is 0.227 e. The van der Waals surface area contributed by atoms with Crippen LogP contribution in [0.1, 0.15) is 24.1 Å². The van der Waals surface area contributed by atoms with E-state index in [0.717, 1.165) is 15.6 Å². The molecule has 0 aromatic carbocycles. The predicted molar refractivity (Wildman–Crippen MR) is 85.3 cm³/mol. The summed E-state index contributed by atoms with van der Waals surface area (Å²) in [6, 6.07) is 3.93. The van der Waals surface area contributed by atoms with Gasteiger partial charge in [0.15, 0.2) is 0 Å². The maximum absolute atomic E-state index is 12.6. The van der Waals surface area contributed by atoms with E-state index in [0.29, 0.717) is 18.4 Å². The Labute approximate surface area is 134 Å². The van der Waals surface area contributed by atoms with Crippen molar-refractivity contribution in [2.45, 2.75) is 31.8 Å². The second-order valence-corrected chi connectivity index (χ2v) is 7.64. The Hall–Kier alpha value is -0.290. The number of hydrogen-bond acceptors (Lipinski definition) is 3. The molecule has 1 heterocycles. The second kappa shape index (κ2) is 6.22. The third-order valence-electron chi connectivity index (χ3n) is 4.66. The summed E-state index contributed by atoms with van der Waals surface area (Å²) in [5.74, 6) is 1.34. The van der Waals surface area contributed by atoms with E-state index in [1.54, 1.807) is 0 Å². The molecule has 2 aliphatic rings. The lowest BCUT2D eigenvalue weighted by Crippen LogP contribution is -2.45. The van der Waals surface area contributed by atoms with Crippen LogP contribution in [0.4, 0.5) is 0 Å². The zero-order chi connectivity index (χ0) is 13.6. The molecule has 3 rings (SSSR count). The molecule has 4 atom stereocenters. The molecule has 4 unspecified atom stereocenters. The maximum atomic E-state index is 12.6. The van der Waals surface area contributed by atoms with Crippen molar-refractivity contribution in [2.75, 3.05) is 7.05 Å². The number of carbonyl (C=O) groups excluding carboxylic acids is 1. The summed E-state index contributed by atoms with van der Waals surface area (Å²) in [6.07, 6.45) is 3.53. The van der Waals surface area contributed by atoms with Crippen LogP contribution in [0.2, 0.25) is 4.34 Å². The Morgan fingerprint density at radius 2 is 2.15 bits per heavy atom. The van der Waals surface area contributed by atoms with E-state index in [1.165, 1.54) is 24.2 Å². The standard InChI is InChI=1S/C14H19ClN2OS.ClH/c1-17(7-10-4-5-11(15)19-10)14(18)12-8-2-3-9(6-8)13(12)16;/h4-5,8-9,12-13H,2-3,6-7,16H2,1H3;1H. The molecule has 1 aromatic rings. The fraction of sp³-hybridized carbons (Fsp3) is 0.643. The first-order valence-electron chi connectivity index (χ1n) is 6.81. The van der Waals surface area contributed by atoms with Crippen molar-refractivity contribution >= 4 is 41.3 Å². The number of carbonyl (C=O) groups is 1. The zero-order valence-corrected chi connectivity index (χ0v) is 13.8. The zero-order valence-electron chi connectivity index (χ0n) is 11.4. The van der Waals surface area contributed by atoms with Gasteiger partial charge < -0.3 is 10.6 Å². The van der Waals surface area contributed by atoms with E-state index in [-0.39, 0.29) is 30.3 Å². The molecule has 2 bridgehead atoms. The molecule has 6 heteroatoms. The highest BCUT2D eigenvalue weighted by Gasteiger charge is 2.49. The van der Waals surface area contributed by atoms with Gasteiger partial charge in [-0.15, -0.1) is 23.7 Å². The van der Waals surface area contributed by atoms with E-state index in [9.17, 15) is 4.79 Å². The highest BCUT2D eigenvalue weighted by atomic mass is 35.5. The average Bonchev–Trinajstić information content (AvgIpc) is 3.05. The lowest BCUT2D eigenvalue weighted by Gasteiger charge is -2.30. The van der Waals surface area contributed by atoms with Crippen LogP contribution >= 0.6 is 35.3 Å². The van der Waals surface area contributed by atoms with E-state index in [1.807, 2.05) is 24.1 Å². The van der Waals surface area contributed by atoms with E-state index in [4.69, 9.17) is 17.3 Å². The topological polar surface area (TPSA) is 46.3 Å². The number of halogens is 2. The van der Waals surface area contributed by atoms with Gasteiger partial charge in [-0.3, -0.25) is 4.79 Å².